The van der Waals surface area contributed by atoms with Crippen LogP contribution in [0.2, 0.25) is 0 Å². The molecule has 1 aromatic carbocycles. The molecule has 27 heavy (non-hydrogen) atoms. The molecule has 0 radical (unpaired) electrons. The first-order valence-corrected chi connectivity index (χ1v) is 9.19. The van der Waals surface area contributed by atoms with Gasteiger partial charge in [0.05, 0.1) is 26.3 Å². The Hall–Kier alpha value is -2.54. The number of aliphatic carboxylic acids is 1. The number of carbonyl (C=O) groups excluding carboxylic acids is 1. The molecule has 1 aliphatic rings. The lowest BCUT2D eigenvalue weighted by atomic mass is 9.97. The second-order valence-electron chi connectivity index (χ2n) is 6.52. The quantitative estimate of drug-likeness (QED) is 0.543. The number of nitrogens with one attached hydrogen (secondary N) is 2. The van der Waals surface area contributed by atoms with Crippen molar-refractivity contribution in [3.05, 3.63) is 29.8 Å². The first-order valence-electron chi connectivity index (χ1n) is 9.19. The van der Waals surface area contributed by atoms with Gasteiger partial charge in [0.2, 0.25) is 5.91 Å². The molecule has 0 aliphatic heterocycles. The Labute approximate surface area is 159 Å². The maximum Gasteiger partial charge on any atom is 0.321 e. The van der Waals surface area contributed by atoms with Crippen LogP contribution in [-0.4, -0.2) is 43.8 Å². The molecule has 3 N–H and O–H groups in total. The van der Waals surface area contributed by atoms with Gasteiger partial charge in [-0.05, 0) is 50.8 Å². The molecule has 0 heterocycles. The molecule has 1 atom stereocenters. The Bertz CT molecular complexity index is 687. The molecule has 0 aromatic heterocycles. The molecule has 0 fully saturated rings. The standard InChI is InChI=1S/C20H28N2O5/c1-26-15-8-9-16(18(12-15)27-2)22-19(23)13-17(20(24)25)21-11-10-14-6-4-3-5-7-14/h6,8-9,12,17,21H,3-5,7,10-11,13H2,1-2H3,(H,22,23)(H,24,25). The molecule has 7 nitrogen and oxygen atoms in total. The number of allylic oxidation sites excluding steroid dienone is 1. The van der Waals surface area contributed by atoms with Crippen LogP contribution in [0.3, 0.4) is 0 Å². The van der Waals surface area contributed by atoms with Gasteiger partial charge in [0, 0.05) is 6.07 Å². The maximum atomic E-state index is 12.3. The predicted molar refractivity (Wildman–Crippen MR) is 103 cm³/mol. The topological polar surface area (TPSA) is 96.9 Å². The van der Waals surface area contributed by atoms with Crippen LogP contribution in [0.15, 0.2) is 29.8 Å². The van der Waals surface area contributed by atoms with Gasteiger partial charge < -0.3 is 25.2 Å². The van der Waals surface area contributed by atoms with E-state index in [1.165, 1.54) is 25.5 Å². The van der Waals surface area contributed by atoms with Crippen molar-refractivity contribution in [1.29, 1.82) is 0 Å². The molecule has 1 aromatic rings. The highest BCUT2D eigenvalue weighted by atomic mass is 16.5. The molecule has 2 rings (SSSR count). The minimum Gasteiger partial charge on any atom is -0.497 e. The van der Waals surface area contributed by atoms with Crippen LogP contribution in [-0.2, 0) is 9.59 Å². The molecule has 0 saturated heterocycles. The van der Waals surface area contributed by atoms with Gasteiger partial charge in [0.1, 0.15) is 17.5 Å². The van der Waals surface area contributed by atoms with Gasteiger partial charge in [-0.3, -0.25) is 9.59 Å². The van der Waals surface area contributed by atoms with Crippen LogP contribution >= 0.6 is 0 Å². The zero-order valence-electron chi connectivity index (χ0n) is 15.9. The van der Waals surface area contributed by atoms with E-state index in [1.54, 1.807) is 25.3 Å². The van der Waals surface area contributed by atoms with E-state index >= 15 is 0 Å². The van der Waals surface area contributed by atoms with Gasteiger partial charge in [0.15, 0.2) is 0 Å². The number of benzene rings is 1. The van der Waals surface area contributed by atoms with Gasteiger partial charge in [-0.2, -0.15) is 0 Å². The number of hydrogen-bond acceptors (Lipinski definition) is 5. The average Bonchev–Trinajstić information content (AvgIpc) is 2.68. The zero-order chi connectivity index (χ0) is 19.6. The second-order valence-corrected chi connectivity index (χ2v) is 6.52. The van der Waals surface area contributed by atoms with Gasteiger partial charge in [0.25, 0.3) is 0 Å². The molecule has 0 saturated carbocycles. The van der Waals surface area contributed by atoms with E-state index in [9.17, 15) is 14.7 Å². The van der Waals surface area contributed by atoms with Gasteiger partial charge in [-0.1, -0.05) is 11.6 Å². The van der Waals surface area contributed by atoms with E-state index in [-0.39, 0.29) is 6.42 Å². The molecule has 7 heteroatoms. The molecule has 1 unspecified atom stereocenters. The third-order valence-corrected chi connectivity index (χ3v) is 4.59. The summed E-state index contributed by atoms with van der Waals surface area (Å²) in [5, 5.41) is 15.1. The molecule has 1 amide bonds. The average molecular weight is 376 g/mol. The Morgan fingerprint density at radius 3 is 2.67 bits per heavy atom. The minimum atomic E-state index is -1.04. The summed E-state index contributed by atoms with van der Waals surface area (Å²) in [4.78, 5) is 23.8. The third kappa shape index (κ3) is 6.60. The van der Waals surface area contributed by atoms with Crippen molar-refractivity contribution in [3.63, 3.8) is 0 Å². The number of carboxylic acids is 1. The predicted octanol–water partition coefficient (Wildman–Crippen LogP) is 2.97. The Balaban J connectivity index is 1.88. The summed E-state index contributed by atoms with van der Waals surface area (Å²) in [5.41, 5.74) is 1.84. The Morgan fingerprint density at radius 2 is 2.04 bits per heavy atom. The number of methoxy groups -OCH3 is 2. The second kappa shape index (κ2) is 10.6. The first kappa shape index (κ1) is 20.8. The number of carbonyl (C=O) groups is 2. The van der Waals surface area contributed by atoms with E-state index in [4.69, 9.17) is 9.47 Å². The summed E-state index contributed by atoms with van der Waals surface area (Å²) in [6.45, 7) is 0.544. The van der Waals surface area contributed by atoms with Crippen molar-refractivity contribution >= 4 is 17.6 Å². The van der Waals surface area contributed by atoms with Crippen LogP contribution in [0.5, 0.6) is 11.5 Å². The van der Waals surface area contributed by atoms with Crippen LogP contribution in [0.1, 0.15) is 38.5 Å². The molecular formula is C20H28N2O5. The van der Waals surface area contributed by atoms with Crippen LogP contribution in [0.25, 0.3) is 0 Å². The fourth-order valence-corrected chi connectivity index (χ4v) is 3.07. The van der Waals surface area contributed by atoms with Crippen molar-refractivity contribution in [2.75, 3.05) is 26.1 Å². The van der Waals surface area contributed by atoms with Crippen LogP contribution in [0, 0.1) is 0 Å². The fourth-order valence-electron chi connectivity index (χ4n) is 3.07. The minimum absolute atomic E-state index is 0.163. The van der Waals surface area contributed by atoms with Crippen molar-refractivity contribution < 1.29 is 24.2 Å². The lowest BCUT2D eigenvalue weighted by Gasteiger charge is -2.17. The van der Waals surface area contributed by atoms with Crippen molar-refractivity contribution in [2.24, 2.45) is 0 Å². The highest BCUT2D eigenvalue weighted by Crippen LogP contribution is 2.29. The highest BCUT2D eigenvalue weighted by molar-refractivity contribution is 5.95. The summed E-state index contributed by atoms with van der Waals surface area (Å²) < 4.78 is 10.4. The third-order valence-electron chi connectivity index (χ3n) is 4.59. The van der Waals surface area contributed by atoms with E-state index < -0.39 is 17.9 Å². The van der Waals surface area contributed by atoms with Gasteiger partial charge in [-0.25, -0.2) is 0 Å². The number of carboxylic acid groups (broad SMARTS) is 1. The van der Waals surface area contributed by atoms with Gasteiger partial charge in [-0.15, -0.1) is 0 Å². The van der Waals surface area contributed by atoms with Crippen molar-refractivity contribution in [1.82, 2.24) is 5.32 Å². The fraction of sp³-hybridized carbons (Fsp3) is 0.500. The highest BCUT2D eigenvalue weighted by Gasteiger charge is 2.21. The van der Waals surface area contributed by atoms with E-state index in [0.717, 1.165) is 19.3 Å². The van der Waals surface area contributed by atoms with E-state index in [0.29, 0.717) is 23.7 Å². The lowest BCUT2D eigenvalue weighted by molar-refractivity contribution is -0.141. The zero-order valence-corrected chi connectivity index (χ0v) is 15.9. The number of anilines is 1. The van der Waals surface area contributed by atoms with Crippen molar-refractivity contribution in [2.45, 2.75) is 44.6 Å². The lowest BCUT2D eigenvalue weighted by Crippen LogP contribution is -2.40. The van der Waals surface area contributed by atoms with E-state index in [2.05, 4.69) is 16.7 Å². The summed E-state index contributed by atoms with van der Waals surface area (Å²) in [7, 11) is 3.03. The molecule has 148 valence electrons. The van der Waals surface area contributed by atoms with E-state index in [1.807, 2.05) is 0 Å². The van der Waals surface area contributed by atoms with Gasteiger partial charge >= 0.3 is 5.97 Å². The summed E-state index contributed by atoms with van der Waals surface area (Å²) >= 11 is 0. The number of ether oxygens (including phenoxy) is 2. The SMILES string of the molecule is COc1ccc(NC(=O)CC(NCCC2=CCCCC2)C(=O)O)c(OC)c1. The Morgan fingerprint density at radius 1 is 1.22 bits per heavy atom. The number of rotatable bonds is 10. The number of amides is 1. The van der Waals surface area contributed by atoms with Crippen molar-refractivity contribution in [3.8, 4) is 11.5 Å². The summed E-state index contributed by atoms with van der Waals surface area (Å²) in [5.74, 6) is -0.376. The Kier molecular flexibility index (Phi) is 8.13. The van der Waals surface area contributed by atoms with Crippen LogP contribution in [0.4, 0.5) is 5.69 Å². The summed E-state index contributed by atoms with van der Waals surface area (Å²) in [6.07, 6.45) is 7.50. The smallest absolute Gasteiger partial charge is 0.321 e. The molecule has 0 spiro atoms. The molecule has 0 bridgehead atoms. The van der Waals surface area contributed by atoms with Crippen LogP contribution < -0.4 is 20.1 Å². The normalized spacial score (nSPS) is 14.8. The maximum absolute atomic E-state index is 12.3. The summed E-state index contributed by atoms with van der Waals surface area (Å²) in [6, 6.07) is 4.08. The first-order chi connectivity index (χ1) is 13.0. The monoisotopic (exact) mass is 376 g/mol. The molecular weight excluding hydrogens is 348 g/mol. The largest absolute Gasteiger partial charge is 0.497 e. The molecule has 1 aliphatic carbocycles. The number of hydrogen-bond donors (Lipinski definition) is 3.